The number of aryl methyl sites for hydroxylation is 2. The molecule has 100 valence electrons. The minimum atomic E-state index is -0.408. The highest BCUT2D eigenvalue weighted by molar-refractivity contribution is 7.98. The molecule has 2 heterocycles. The van der Waals surface area contributed by atoms with Crippen LogP contribution < -0.4 is 11.3 Å². The fraction of sp³-hybridized carbons (Fsp3) is 0.250. The monoisotopic (exact) mass is 278 g/mol. The molecule has 0 unspecified atom stereocenters. The zero-order chi connectivity index (χ0) is 13.8. The average molecular weight is 278 g/mol. The Bertz CT molecular complexity index is 578. The molecule has 0 bridgehead atoms. The second kappa shape index (κ2) is 5.85. The Labute approximate surface area is 114 Å². The van der Waals surface area contributed by atoms with Crippen LogP contribution in [0.15, 0.2) is 27.8 Å². The van der Waals surface area contributed by atoms with Gasteiger partial charge in [0.05, 0.1) is 11.4 Å². The van der Waals surface area contributed by atoms with Crippen molar-refractivity contribution in [1.82, 2.24) is 15.4 Å². The van der Waals surface area contributed by atoms with Crippen molar-refractivity contribution in [2.24, 2.45) is 5.84 Å². The highest BCUT2D eigenvalue weighted by Crippen LogP contribution is 2.23. The number of oxazole rings is 1. The van der Waals surface area contributed by atoms with E-state index < -0.39 is 5.91 Å². The van der Waals surface area contributed by atoms with Gasteiger partial charge in [0.25, 0.3) is 11.1 Å². The summed E-state index contributed by atoms with van der Waals surface area (Å²) < 4.78 is 5.46. The molecule has 3 N–H and O–H groups in total. The molecule has 2 rings (SSSR count). The van der Waals surface area contributed by atoms with Crippen LogP contribution in [0, 0.1) is 13.8 Å². The molecule has 6 nitrogen and oxygen atoms in total. The summed E-state index contributed by atoms with van der Waals surface area (Å²) in [5.41, 5.74) is 3.99. The van der Waals surface area contributed by atoms with Crippen molar-refractivity contribution in [2.45, 2.75) is 24.8 Å². The first-order chi connectivity index (χ1) is 9.10. The van der Waals surface area contributed by atoms with Crippen LogP contribution in [0.2, 0.25) is 0 Å². The van der Waals surface area contributed by atoms with Crippen molar-refractivity contribution < 1.29 is 9.21 Å². The van der Waals surface area contributed by atoms with Crippen molar-refractivity contribution in [3.8, 4) is 0 Å². The minimum Gasteiger partial charge on any atom is -0.437 e. The second-order valence-corrected chi connectivity index (χ2v) is 4.82. The minimum absolute atomic E-state index is 0.292. The molecule has 0 spiro atoms. The Kier molecular flexibility index (Phi) is 4.18. The lowest BCUT2D eigenvalue weighted by molar-refractivity contribution is 0.0948. The van der Waals surface area contributed by atoms with Crippen LogP contribution in [0.5, 0.6) is 0 Å². The van der Waals surface area contributed by atoms with E-state index in [4.69, 9.17) is 10.3 Å². The fourth-order valence-electron chi connectivity index (χ4n) is 1.40. The van der Waals surface area contributed by atoms with Crippen molar-refractivity contribution in [3.63, 3.8) is 0 Å². The molecule has 0 aliphatic rings. The summed E-state index contributed by atoms with van der Waals surface area (Å²) >= 11 is 1.43. The Morgan fingerprint density at radius 1 is 1.42 bits per heavy atom. The molecule has 0 saturated carbocycles. The van der Waals surface area contributed by atoms with Crippen LogP contribution in [-0.2, 0) is 5.75 Å². The summed E-state index contributed by atoms with van der Waals surface area (Å²) in [6.07, 6.45) is 0. The number of carbonyl (C=O) groups excluding carboxylic acids is 1. The Balaban J connectivity index is 2.05. The number of nitrogens with two attached hydrogens (primary N) is 1. The normalized spacial score (nSPS) is 10.5. The number of thioether (sulfide) groups is 1. The third kappa shape index (κ3) is 3.33. The summed E-state index contributed by atoms with van der Waals surface area (Å²) in [6, 6.07) is 5.21. The first kappa shape index (κ1) is 13.6. The molecule has 0 aliphatic carbocycles. The van der Waals surface area contributed by atoms with Gasteiger partial charge in [-0.1, -0.05) is 17.8 Å². The van der Waals surface area contributed by atoms with Gasteiger partial charge >= 0.3 is 0 Å². The number of nitrogen functional groups attached to an aromatic ring is 1. The lowest BCUT2D eigenvalue weighted by Gasteiger charge is -2.02. The molecule has 7 heteroatoms. The van der Waals surface area contributed by atoms with E-state index in [1.807, 2.05) is 19.9 Å². The topological polar surface area (TPSA) is 94.0 Å². The number of hydrogen-bond donors (Lipinski definition) is 2. The predicted octanol–water partition coefficient (Wildman–Crippen LogP) is 1.58. The highest BCUT2D eigenvalue weighted by atomic mass is 32.2. The maximum absolute atomic E-state index is 11.4. The number of hydrazine groups is 1. The fourth-order valence-corrected chi connectivity index (χ4v) is 2.22. The van der Waals surface area contributed by atoms with E-state index in [0.717, 1.165) is 17.1 Å². The molecule has 0 atom stereocenters. The summed E-state index contributed by atoms with van der Waals surface area (Å²) in [7, 11) is 0. The number of hydrogen-bond acceptors (Lipinski definition) is 6. The summed E-state index contributed by atoms with van der Waals surface area (Å²) in [4.78, 5) is 19.8. The molecule has 19 heavy (non-hydrogen) atoms. The van der Waals surface area contributed by atoms with Crippen molar-refractivity contribution in [2.75, 3.05) is 0 Å². The van der Waals surface area contributed by atoms with Gasteiger partial charge in [-0.2, -0.15) is 0 Å². The maximum Gasteiger partial charge on any atom is 0.283 e. The van der Waals surface area contributed by atoms with Crippen LogP contribution in [-0.4, -0.2) is 15.9 Å². The zero-order valence-corrected chi connectivity index (χ0v) is 11.5. The molecule has 0 aromatic carbocycles. The van der Waals surface area contributed by atoms with Gasteiger partial charge in [0, 0.05) is 5.75 Å². The molecule has 0 saturated heterocycles. The van der Waals surface area contributed by atoms with E-state index in [9.17, 15) is 4.79 Å². The van der Waals surface area contributed by atoms with Crippen molar-refractivity contribution in [3.05, 3.63) is 41.0 Å². The van der Waals surface area contributed by atoms with Gasteiger partial charge in [0.15, 0.2) is 0 Å². The quantitative estimate of drug-likeness (QED) is 0.382. The number of amides is 1. The van der Waals surface area contributed by atoms with Gasteiger partial charge in [-0.05, 0) is 26.0 Å². The lowest BCUT2D eigenvalue weighted by Crippen LogP contribution is -2.30. The van der Waals surface area contributed by atoms with E-state index >= 15 is 0 Å². The van der Waals surface area contributed by atoms with Crippen molar-refractivity contribution >= 4 is 17.7 Å². The van der Waals surface area contributed by atoms with Crippen LogP contribution in [0.3, 0.4) is 0 Å². The van der Waals surface area contributed by atoms with Crippen molar-refractivity contribution in [1.29, 1.82) is 0 Å². The zero-order valence-electron chi connectivity index (χ0n) is 10.6. The third-order valence-electron chi connectivity index (χ3n) is 2.52. The van der Waals surface area contributed by atoms with Crippen LogP contribution >= 0.6 is 11.8 Å². The molecular formula is C12H14N4O2S. The van der Waals surface area contributed by atoms with Gasteiger partial charge in [-0.15, -0.1) is 0 Å². The van der Waals surface area contributed by atoms with Gasteiger partial charge < -0.3 is 4.42 Å². The molecule has 0 fully saturated rings. The van der Waals surface area contributed by atoms with Gasteiger partial charge in [-0.25, -0.2) is 15.8 Å². The predicted molar refractivity (Wildman–Crippen MR) is 71.4 cm³/mol. The third-order valence-corrected chi connectivity index (χ3v) is 3.38. The Morgan fingerprint density at radius 2 is 2.21 bits per heavy atom. The Hall–Kier alpha value is -1.86. The van der Waals surface area contributed by atoms with E-state index in [2.05, 4.69) is 15.4 Å². The number of rotatable bonds is 4. The number of carbonyl (C=O) groups is 1. The van der Waals surface area contributed by atoms with E-state index in [0.29, 0.717) is 16.7 Å². The molecule has 1 amide bonds. The van der Waals surface area contributed by atoms with Gasteiger partial charge in [0.2, 0.25) is 0 Å². The molecule has 2 aromatic heterocycles. The van der Waals surface area contributed by atoms with Crippen LogP contribution in [0.4, 0.5) is 0 Å². The first-order valence-corrected chi connectivity index (χ1v) is 6.62. The smallest absolute Gasteiger partial charge is 0.283 e. The van der Waals surface area contributed by atoms with Gasteiger partial charge in [0.1, 0.15) is 11.5 Å². The lowest BCUT2D eigenvalue weighted by atomic mass is 10.3. The standard InChI is InChI=1S/C12H14N4O2S/c1-7-8(2)18-12(14-7)19-6-9-4-3-5-10(15-9)11(17)16-13/h3-5H,6,13H2,1-2H3,(H,16,17). The second-order valence-electron chi connectivity index (χ2n) is 3.90. The van der Waals surface area contributed by atoms with Gasteiger partial charge in [-0.3, -0.25) is 10.2 Å². The summed E-state index contributed by atoms with van der Waals surface area (Å²) in [6.45, 7) is 3.77. The SMILES string of the molecule is Cc1nc(SCc2cccc(C(=O)NN)n2)oc1C. The number of nitrogens with one attached hydrogen (secondary N) is 1. The number of nitrogens with zero attached hydrogens (tertiary/aromatic N) is 2. The molecular weight excluding hydrogens is 264 g/mol. The Morgan fingerprint density at radius 3 is 2.84 bits per heavy atom. The van der Waals surface area contributed by atoms with E-state index in [1.54, 1.807) is 12.1 Å². The summed E-state index contributed by atoms with van der Waals surface area (Å²) in [5.74, 6) is 6.05. The van der Waals surface area contributed by atoms with Crippen LogP contribution in [0.1, 0.15) is 27.6 Å². The van der Waals surface area contributed by atoms with E-state index in [-0.39, 0.29) is 0 Å². The maximum atomic E-state index is 11.4. The molecule has 0 radical (unpaired) electrons. The first-order valence-electron chi connectivity index (χ1n) is 5.64. The van der Waals surface area contributed by atoms with Crippen LogP contribution in [0.25, 0.3) is 0 Å². The number of pyridine rings is 1. The average Bonchev–Trinajstić information content (AvgIpc) is 2.75. The van der Waals surface area contributed by atoms with E-state index in [1.165, 1.54) is 11.8 Å². The molecule has 2 aromatic rings. The largest absolute Gasteiger partial charge is 0.437 e. The highest BCUT2D eigenvalue weighted by Gasteiger charge is 2.09. The molecule has 0 aliphatic heterocycles. The number of aromatic nitrogens is 2. The summed E-state index contributed by atoms with van der Waals surface area (Å²) in [5, 5.41) is 0.602.